The molecule has 0 aliphatic rings. The Bertz CT molecular complexity index is 410. The van der Waals surface area contributed by atoms with Crippen molar-refractivity contribution >= 4 is 0 Å². The molecule has 0 aromatic heterocycles. The largest absolute Gasteiger partial charge is 0.311 e. The predicted molar refractivity (Wildman–Crippen MR) is 89.2 cm³/mol. The van der Waals surface area contributed by atoms with Gasteiger partial charge in [-0.15, -0.1) is 0 Å². The quantitative estimate of drug-likeness (QED) is 0.880. The number of likely N-dealkylation sites (N-methyl/N-ethyl adjacent to an activating group) is 1. The average molecular weight is 276 g/mol. The summed E-state index contributed by atoms with van der Waals surface area (Å²) in [7, 11) is 2.20. The molecule has 114 valence electrons. The summed E-state index contributed by atoms with van der Waals surface area (Å²) >= 11 is 0. The maximum Gasteiger partial charge on any atom is 0.0234 e. The molecule has 2 heteroatoms. The predicted octanol–water partition coefficient (Wildman–Crippen LogP) is 3.80. The molecule has 2 nitrogen and oxygen atoms in total. The summed E-state index contributed by atoms with van der Waals surface area (Å²) in [4.78, 5) is 2.39. The van der Waals surface area contributed by atoms with Gasteiger partial charge in [0.05, 0.1) is 0 Å². The van der Waals surface area contributed by atoms with E-state index in [1.165, 1.54) is 11.1 Å². The van der Waals surface area contributed by atoms with Gasteiger partial charge in [0.25, 0.3) is 0 Å². The molecule has 0 atom stereocenters. The van der Waals surface area contributed by atoms with Crippen LogP contribution in [0.15, 0.2) is 24.3 Å². The van der Waals surface area contributed by atoms with E-state index in [0.29, 0.717) is 0 Å². The first-order chi connectivity index (χ1) is 9.09. The van der Waals surface area contributed by atoms with E-state index in [1.807, 2.05) is 0 Å². The fourth-order valence-electron chi connectivity index (χ4n) is 2.38. The molecule has 0 aliphatic heterocycles. The van der Waals surface area contributed by atoms with Gasteiger partial charge in [-0.25, -0.2) is 0 Å². The summed E-state index contributed by atoms with van der Waals surface area (Å²) in [6, 6.07) is 8.81. The fourth-order valence-corrected chi connectivity index (χ4v) is 2.38. The van der Waals surface area contributed by atoms with Crippen LogP contribution >= 0.6 is 0 Å². The molecule has 0 saturated carbocycles. The Morgan fingerprint density at radius 3 is 2.15 bits per heavy atom. The van der Waals surface area contributed by atoms with Crippen molar-refractivity contribution in [2.75, 3.05) is 20.1 Å². The lowest BCUT2D eigenvalue weighted by atomic mass is 9.83. The van der Waals surface area contributed by atoms with Crippen molar-refractivity contribution in [3.63, 3.8) is 0 Å². The maximum atomic E-state index is 3.54. The van der Waals surface area contributed by atoms with E-state index < -0.39 is 0 Å². The van der Waals surface area contributed by atoms with Crippen molar-refractivity contribution in [3.05, 3.63) is 35.4 Å². The summed E-state index contributed by atoms with van der Waals surface area (Å²) in [5, 5.41) is 3.54. The summed E-state index contributed by atoms with van der Waals surface area (Å²) in [5.41, 5.74) is 3.31. The normalized spacial score (nSPS) is 13.0. The first-order valence-electron chi connectivity index (χ1n) is 7.61. The number of nitrogens with one attached hydrogen (secondary N) is 1. The second kappa shape index (κ2) is 6.73. The van der Waals surface area contributed by atoms with Gasteiger partial charge in [-0.2, -0.15) is 0 Å². The third-order valence-electron chi connectivity index (χ3n) is 3.41. The van der Waals surface area contributed by atoms with Crippen molar-refractivity contribution in [1.82, 2.24) is 10.2 Å². The minimum Gasteiger partial charge on any atom is -0.311 e. The molecule has 0 aliphatic carbocycles. The molecule has 0 unspecified atom stereocenters. The molecule has 0 saturated heterocycles. The minimum absolute atomic E-state index is 0.199. The standard InChI is InChI=1S/C18H32N2/c1-17(2,3)16-11-9-8-10-15(16)14-20(7)13-12-19-18(4,5)6/h8-11,19H,12-14H2,1-7H3. The highest BCUT2D eigenvalue weighted by atomic mass is 15.1. The van der Waals surface area contributed by atoms with Crippen molar-refractivity contribution < 1.29 is 0 Å². The zero-order valence-corrected chi connectivity index (χ0v) is 14.4. The van der Waals surface area contributed by atoms with E-state index in [9.17, 15) is 0 Å². The number of hydrogen-bond donors (Lipinski definition) is 1. The van der Waals surface area contributed by atoms with Gasteiger partial charge >= 0.3 is 0 Å². The summed E-state index contributed by atoms with van der Waals surface area (Å²) in [5.74, 6) is 0. The second-order valence-corrected chi connectivity index (χ2v) is 7.82. The van der Waals surface area contributed by atoms with E-state index in [2.05, 4.69) is 83.1 Å². The van der Waals surface area contributed by atoms with Crippen LogP contribution in [-0.4, -0.2) is 30.6 Å². The topological polar surface area (TPSA) is 15.3 Å². The molecule has 0 heterocycles. The lowest BCUT2D eigenvalue weighted by molar-refractivity contribution is 0.301. The van der Waals surface area contributed by atoms with Gasteiger partial charge in [-0.05, 0) is 44.4 Å². The van der Waals surface area contributed by atoms with Gasteiger partial charge in [0, 0.05) is 25.2 Å². The van der Waals surface area contributed by atoms with Crippen molar-refractivity contribution in [2.24, 2.45) is 0 Å². The third kappa shape index (κ3) is 6.06. The highest BCUT2D eigenvalue weighted by Gasteiger charge is 2.18. The zero-order chi connectivity index (χ0) is 15.4. The van der Waals surface area contributed by atoms with Crippen LogP contribution in [0.4, 0.5) is 0 Å². The lowest BCUT2D eigenvalue weighted by Crippen LogP contribution is -2.40. The van der Waals surface area contributed by atoms with Crippen LogP contribution in [0, 0.1) is 0 Å². The van der Waals surface area contributed by atoms with E-state index in [-0.39, 0.29) is 11.0 Å². The van der Waals surface area contributed by atoms with Crippen molar-refractivity contribution in [3.8, 4) is 0 Å². The van der Waals surface area contributed by atoms with Crippen LogP contribution < -0.4 is 5.32 Å². The van der Waals surface area contributed by atoms with Crippen LogP contribution in [0.1, 0.15) is 52.7 Å². The number of rotatable bonds is 5. The van der Waals surface area contributed by atoms with Gasteiger partial charge in [0.2, 0.25) is 0 Å². The Labute approximate surface area is 125 Å². The SMILES string of the molecule is CN(CCNC(C)(C)C)Cc1ccccc1C(C)(C)C. The van der Waals surface area contributed by atoms with Crippen molar-refractivity contribution in [1.29, 1.82) is 0 Å². The molecule has 0 bridgehead atoms. The first kappa shape index (κ1) is 17.2. The summed E-state index contributed by atoms with van der Waals surface area (Å²) < 4.78 is 0. The molecule has 0 radical (unpaired) electrons. The Morgan fingerprint density at radius 2 is 1.60 bits per heavy atom. The van der Waals surface area contributed by atoms with Gasteiger partial charge < -0.3 is 10.2 Å². The Kier molecular flexibility index (Phi) is 5.79. The average Bonchev–Trinajstić information content (AvgIpc) is 2.26. The molecule has 0 fully saturated rings. The van der Waals surface area contributed by atoms with Gasteiger partial charge in [-0.3, -0.25) is 0 Å². The fraction of sp³-hybridized carbons (Fsp3) is 0.667. The Balaban J connectivity index is 2.60. The van der Waals surface area contributed by atoms with Gasteiger partial charge in [0.1, 0.15) is 0 Å². The molecule has 0 amide bonds. The summed E-state index contributed by atoms with van der Waals surface area (Å²) in [6.45, 7) is 16.6. The molecule has 1 aromatic carbocycles. The molecular weight excluding hydrogens is 244 g/mol. The lowest BCUT2D eigenvalue weighted by Gasteiger charge is -2.27. The Hall–Kier alpha value is -0.860. The van der Waals surface area contributed by atoms with E-state index in [4.69, 9.17) is 0 Å². The molecule has 0 spiro atoms. The van der Waals surface area contributed by atoms with Crippen LogP contribution in [0.3, 0.4) is 0 Å². The molecule has 1 N–H and O–H groups in total. The van der Waals surface area contributed by atoms with E-state index >= 15 is 0 Å². The molecular formula is C18H32N2. The number of hydrogen-bond acceptors (Lipinski definition) is 2. The zero-order valence-electron chi connectivity index (χ0n) is 14.4. The molecule has 1 rings (SSSR count). The molecule has 20 heavy (non-hydrogen) atoms. The Morgan fingerprint density at radius 1 is 1.00 bits per heavy atom. The van der Waals surface area contributed by atoms with Crippen LogP contribution in [0.25, 0.3) is 0 Å². The number of benzene rings is 1. The highest BCUT2D eigenvalue weighted by Crippen LogP contribution is 2.26. The van der Waals surface area contributed by atoms with E-state index in [0.717, 1.165) is 19.6 Å². The van der Waals surface area contributed by atoms with Crippen LogP contribution in [0.2, 0.25) is 0 Å². The first-order valence-corrected chi connectivity index (χ1v) is 7.61. The van der Waals surface area contributed by atoms with E-state index in [1.54, 1.807) is 0 Å². The van der Waals surface area contributed by atoms with Gasteiger partial charge in [0.15, 0.2) is 0 Å². The third-order valence-corrected chi connectivity index (χ3v) is 3.41. The highest BCUT2D eigenvalue weighted by molar-refractivity contribution is 5.32. The van der Waals surface area contributed by atoms with Crippen molar-refractivity contribution in [2.45, 2.75) is 59.0 Å². The maximum absolute atomic E-state index is 3.54. The van der Waals surface area contributed by atoms with Crippen LogP contribution in [-0.2, 0) is 12.0 Å². The number of nitrogens with zero attached hydrogens (tertiary/aromatic N) is 1. The van der Waals surface area contributed by atoms with Gasteiger partial charge in [-0.1, -0.05) is 45.0 Å². The smallest absolute Gasteiger partial charge is 0.0234 e. The van der Waals surface area contributed by atoms with Crippen LogP contribution in [0.5, 0.6) is 0 Å². The minimum atomic E-state index is 0.199. The monoisotopic (exact) mass is 276 g/mol. The molecule has 1 aromatic rings. The summed E-state index contributed by atoms with van der Waals surface area (Å²) in [6.07, 6.45) is 0. The second-order valence-electron chi connectivity index (χ2n) is 7.82.